The van der Waals surface area contributed by atoms with Crippen molar-refractivity contribution in [2.45, 2.75) is 31.8 Å². The summed E-state index contributed by atoms with van der Waals surface area (Å²) in [5.41, 5.74) is 4.64. The van der Waals surface area contributed by atoms with Crippen molar-refractivity contribution in [2.75, 3.05) is 5.75 Å². The van der Waals surface area contributed by atoms with Crippen LogP contribution in [0.3, 0.4) is 0 Å². The zero-order valence-electron chi connectivity index (χ0n) is 11.4. The van der Waals surface area contributed by atoms with Gasteiger partial charge in [-0.3, -0.25) is 4.79 Å². The predicted octanol–water partition coefficient (Wildman–Crippen LogP) is 3.15. The number of aliphatic carboxylic acids is 1. The molecule has 1 aromatic carbocycles. The molecule has 2 aromatic rings. The minimum Gasteiger partial charge on any atom is -0.481 e. The summed E-state index contributed by atoms with van der Waals surface area (Å²) in [6, 6.07) is 4.25. The van der Waals surface area contributed by atoms with Crippen molar-refractivity contribution in [1.29, 1.82) is 0 Å². The van der Waals surface area contributed by atoms with Gasteiger partial charge in [0.25, 0.3) is 0 Å². The van der Waals surface area contributed by atoms with Crippen molar-refractivity contribution in [3.63, 3.8) is 0 Å². The number of carboxylic acid groups (broad SMARTS) is 1. The fraction of sp³-hybridized carbons (Fsp3) is 0.429. The van der Waals surface area contributed by atoms with Gasteiger partial charge in [0.2, 0.25) is 0 Å². The number of rotatable bonds is 5. The molecule has 2 rings (SSSR count). The summed E-state index contributed by atoms with van der Waals surface area (Å²) in [7, 11) is 2.00. The summed E-state index contributed by atoms with van der Waals surface area (Å²) in [5.74, 6) is 0.0402. The van der Waals surface area contributed by atoms with Gasteiger partial charge in [0.05, 0.1) is 11.0 Å². The van der Waals surface area contributed by atoms with Crippen molar-refractivity contribution < 1.29 is 9.90 Å². The number of benzene rings is 1. The van der Waals surface area contributed by atoms with Crippen LogP contribution in [-0.2, 0) is 11.8 Å². The molecule has 0 fully saturated rings. The Balaban J connectivity index is 2.16. The van der Waals surface area contributed by atoms with Crippen molar-refractivity contribution in [3.05, 3.63) is 23.3 Å². The summed E-state index contributed by atoms with van der Waals surface area (Å²) < 4.78 is 2.08. The fourth-order valence-electron chi connectivity index (χ4n) is 1.94. The van der Waals surface area contributed by atoms with E-state index in [9.17, 15) is 4.79 Å². The Labute approximate surface area is 116 Å². The van der Waals surface area contributed by atoms with E-state index < -0.39 is 5.97 Å². The number of thioether (sulfide) groups is 1. The van der Waals surface area contributed by atoms with Crippen LogP contribution in [0, 0.1) is 13.8 Å². The second kappa shape index (κ2) is 5.65. The molecular formula is C14H18N2O2S. The Bertz CT molecular complexity index is 619. The molecule has 0 amide bonds. The first kappa shape index (κ1) is 13.9. The lowest BCUT2D eigenvalue weighted by Crippen LogP contribution is -1.96. The fourth-order valence-corrected chi connectivity index (χ4v) is 2.87. The second-order valence-electron chi connectivity index (χ2n) is 4.72. The van der Waals surface area contributed by atoms with Crippen molar-refractivity contribution in [2.24, 2.45) is 7.05 Å². The third-order valence-electron chi connectivity index (χ3n) is 3.22. The van der Waals surface area contributed by atoms with E-state index in [1.54, 1.807) is 11.8 Å². The SMILES string of the molecule is Cc1cc2nc(SCCCC(=O)O)n(C)c2cc1C. The van der Waals surface area contributed by atoms with Gasteiger partial charge in [0.15, 0.2) is 5.16 Å². The maximum Gasteiger partial charge on any atom is 0.303 e. The van der Waals surface area contributed by atoms with Gasteiger partial charge in [0, 0.05) is 19.2 Å². The van der Waals surface area contributed by atoms with Crippen molar-refractivity contribution in [1.82, 2.24) is 9.55 Å². The lowest BCUT2D eigenvalue weighted by Gasteiger charge is -2.02. The van der Waals surface area contributed by atoms with Crippen molar-refractivity contribution in [3.8, 4) is 0 Å². The van der Waals surface area contributed by atoms with Crippen LogP contribution in [0.25, 0.3) is 11.0 Å². The first-order valence-electron chi connectivity index (χ1n) is 6.27. The van der Waals surface area contributed by atoms with Gasteiger partial charge < -0.3 is 9.67 Å². The topological polar surface area (TPSA) is 55.1 Å². The first-order chi connectivity index (χ1) is 8.99. The number of carbonyl (C=O) groups is 1. The van der Waals surface area contributed by atoms with Gasteiger partial charge in [-0.15, -0.1) is 0 Å². The number of aromatic nitrogens is 2. The number of fused-ring (bicyclic) bond motifs is 1. The molecule has 0 unspecified atom stereocenters. The standard InChI is InChI=1S/C14H18N2O2S/c1-9-7-11-12(8-10(9)2)16(3)14(15-11)19-6-4-5-13(17)18/h7-8H,4-6H2,1-3H3,(H,17,18). The van der Waals surface area contributed by atoms with Crippen LogP contribution in [0.1, 0.15) is 24.0 Å². The third kappa shape index (κ3) is 3.10. The smallest absolute Gasteiger partial charge is 0.303 e. The zero-order chi connectivity index (χ0) is 14.0. The molecule has 4 nitrogen and oxygen atoms in total. The summed E-state index contributed by atoms with van der Waals surface area (Å²) >= 11 is 1.62. The number of hydrogen-bond acceptors (Lipinski definition) is 3. The van der Waals surface area contributed by atoms with Crippen LogP contribution in [0.2, 0.25) is 0 Å². The highest BCUT2D eigenvalue weighted by Gasteiger charge is 2.09. The normalized spacial score (nSPS) is 11.1. The molecule has 0 radical (unpaired) electrons. The molecule has 0 saturated heterocycles. The van der Waals surface area contributed by atoms with E-state index in [0.717, 1.165) is 21.9 Å². The highest BCUT2D eigenvalue weighted by atomic mass is 32.2. The van der Waals surface area contributed by atoms with Crippen LogP contribution in [0.5, 0.6) is 0 Å². The minimum atomic E-state index is -0.739. The van der Waals surface area contributed by atoms with Crippen LogP contribution in [0.15, 0.2) is 17.3 Å². The monoisotopic (exact) mass is 278 g/mol. The number of nitrogens with zero attached hydrogens (tertiary/aromatic N) is 2. The van der Waals surface area contributed by atoms with Crippen LogP contribution in [0.4, 0.5) is 0 Å². The van der Waals surface area contributed by atoms with Crippen LogP contribution < -0.4 is 0 Å². The molecular weight excluding hydrogens is 260 g/mol. The molecule has 0 bridgehead atoms. The summed E-state index contributed by atoms with van der Waals surface area (Å²) in [4.78, 5) is 15.1. The Hall–Kier alpha value is -1.49. The lowest BCUT2D eigenvalue weighted by molar-refractivity contribution is -0.137. The molecule has 0 aliphatic rings. The molecule has 0 saturated carbocycles. The van der Waals surface area contributed by atoms with Gasteiger partial charge in [-0.05, 0) is 43.5 Å². The third-order valence-corrected chi connectivity index (χ3v) is 4.34. The molecule has 1 aromatic heterocycles. The van der Waals surface area contributed by atoms with Crippen LogP contribution >= 0.6 is 11.8 Å². The van der Waals surface area contributed by atoms with Gasteiger partial charge >= 0.3 is 5.97 Å². The van der Waals surface area contributed by atoms with Gasteiger partial charge in [-0.2, -0.15) is 0 Å². The van der Waals surface area contributed by atoms with E-state index in [2.05, 4.69) is 35.5 Å². The number of carboxylic acids is 1. The number of imidazole rings is 1. The lowest BCUT2D eigenvalue weighted by atomic mass is 10.1. The van der Waals surface area contributed by atoms with Gasteiger partial charge in [-0.1, -0.05) is 11.8 Å². The molecule has 19 heavy (non-hydrogen) atoms. The zero-order valence-corrected chi connectivity index (χ0v) is 12.3. The Morgan fingerprint density at radius 1 is 1.37 bits per heavy atom. The Morgan fingerprint density at radius 2 is 2.05 bits per heavy atom. The first-order valence-corrected chi connectivity index (χ1v) is 7.26. The minimum absolute atomic E-state index is 0.217. The summed E-state index contributed by atoms with van der Waals surface area (Å²) in [5, 5.41) is 9.56. The van der Waals surface area contributed by atoms with Crippen LogP contribution in [-0.4, -0.2) is 26.4 Å². The molecule has 5 heteroatoms. The maximum absolute atomic E-state index is 10.5. The molecule has 1 N–H and O–H groups in total. The largest absolute Gasteiger partial charge is 0.481 e. The van der Waals surface area contributed by atoms with E-state index >= 15 is 0 Å². The van der Waals surface area contributed by atoms with E-state index in [4.69, 9.17) is 5.11 Å². The molecule has 1 heterocycles. The highest BCUT2D eigenvalue weighted by molar-refractivity contribution is 7.99. The highest BCUT2D eigenvalue weighted by Crippen LogP contribution is 2.25. The number of aryl methyl sites for hydroxylation is 3. The van der Waals surface area contributed by atoms with Gasteiger partial charge in [-0.25, -0.2) is 4.98 Å². The molecule has 0 aliphatic carbocycles. The molecule has 0 atom stereocenters. The molecule has 102 valence electrons. The average Bonchev–Trinajstić information content (AvgIpc) is 2.63. The maximum atomic E-state index is 10.5. The Kier molecular flexibility index (Phi) is 4.14. The predicted molar refractivity (Wildman–Crippen MR) is 77.8 cm³/mol. The summed E-state index contributed by atoms with van der Waals surface area (Å²) in [6.07, 6.45) is 0.885. The van der Waals surface area contributed by atoms with E-state index in [1.807, 2.05) is 7.05 Å². The Morgan fingerprint density at radius 3 is 2.74 bits per heavy atom. The second-order valence-corrected chi connectivity index (χ2v) is 5.79. The number of hydrogen-bond donors (Lipinski definition) is 1. The van der Waals surface area contributed by atoms with E-state index in [-0.39, 0.29) is 6.42 Å². The average molecular weight is 278 g/mol. The summed E-state index contributed by atoms with van der Waals surface area (Å²) in [6.45, 7) is 4.19. The molecule has 0 spiro atoms. The van der Waals surface area contributed by atoms with E-state index in [1.165, 1.54) is 11.1 Å². The molecule has 0 aliphatic heterocycles. The van der Waals surface area contributed by atoms with Gasteiger partial charge in [0.1, 0.15) is 0 Å². The quantitative estimate of drug-likeness (QED) is 0.674. The van der Waals surface area contributed by atoms with E-state index in [0.29, 0.717) is 6.42 Å². The van der Waals surface area contributed by atoms with Crippen molar-refractivity contribution >= 4 is 28.8 Å².